The summed E-state index contributed by atoms with van der Waals surface area (Å²) in [4.78, 5) is 20.3. The molecule has 1 aromatic heterocycles. The number of amides is 1. The number of rotatable bonds is 3. The van der Waals surface area contributed by atoms with E-state index in [1.807, 2.05) is 24.0 Å². The second-order valence-electron chi connectivity index (χ2n) is 5.96. The van der Waals surface area contributed by atoms with E-state index < -0.39 is 0 Å². The van der Waals surface area contributed by atoms with Gasteiger partial charge in [0.05, 0.1) is 17.7 Å². The molecule has 0 bridgehead atoms. The smallest absolute Gasteiger partial charge is 0.256 e. The number of hydrogen-bond acceptors (Lipinski definition) is 3. The van der Waals surface area contributed by atoms with Gasteiger partial charge in [0.2, 0.25) is 0 Å². The molecule has 1 aromatic carbocycles. The van der Waals surface area contributed by atoms with Crippen LogP contribution in [0.2, 0.25) is 0 Å². The third-order valence-corrected chi connectivity index (χ3v) is 4.65. The maximum Gasteiger partial charge on any atom is 0.256 e. The third-order valence-electron chi connectivity index (χ3n) is 4.65. The fourth-order valence-electron chi connectivity index (χ4n) is 3.15. The van der Waals surface area contributed by atoms with E-state index in [9.17, 15) is 4.79 Å². The van der Waals surface area contributed by atoms with E-state index in [0.717, 1.165) is 35.2 Å². The summed E-state index contributed by atoms with van der Waals surface area (Å²) in [7, 11) is 0. The Morgan fingerprint density at radius 1 is 1.23 bits per heavy atom. The van der Waals surface area contributed by atoms with Gasteiger partial charge in [0.25, 0.3) is 5.91 Å². The molecule has 1 amide bonds. The molecule has 0 spiro atoms. The van der Waals surface area contributed by atoms with Gasteiger partial charge in [-0.05, 0) is 25.5 Å². The first-order chi connectivity index (χ1) is 10.6. The number of β-amino-alcohol motifs (C(OH)–C–C–N with tert-alkyl or cyclic N) is 1. The number of carbonyl (C=O) groups is 1. The van der Waals surface area contributed by atoms with E-state index >= 15 is 0 Å². The first-order valence-electron chi connectivity index (χ1n) is 7.82. The summed E-state index contributed by atoms with van der Waals surface area (Å²) in [5, 5.41) is 10.1. The van der Waals surface area contributed by atoms with Gasteiger partial charge in [0.15, 0.2) is 0 Å². The molecule has 0 radical (unpaired) electrons. The second-order valence-corrected chi connectivity index (χ2v) is 5.96. The average Bonchev–Trinajstić information content (AvgIpc) is 2.83. The summed E-state index contributed by atoms with van der Waals surface area (Å²) in [6.45, 7) is 8.06. The number of H-pyrrole nitrogens is 1. The molecule has 5 heteroatoms. The molecular formula is C17H23N3O2. The number of nitrogens with zero attached hydrogens (tertiary/aromatic N) is 2. The number of piperazine rings is 1. The van der Waals surface area contributed by atoms with Gasteiger partial charge in [-0.3, -0.25) is 9.69 Å². The van der Waals surface area contributed by atoms with Crippen molar-refractivity contribution < 1.29 is 9.90 Å². The molecule has 0 aliphatic carbocycles. The molecule has 118 valence electrons. The fourth-order valence-corrected chi connectivity index (χ4v) is 3.15. The summed E-state index contributed by atoms with van der Waals surface area (Å²) >= 11 is 0. The Morgan fingerprint density at radius 3 is 2.64 bits per heavy atom. The number of aryl methyl sites for hydroxylation is 2. The molecule has 1 saturated heterocycles. The zero-order chi connectivity index (χ0) is 15.7. The number of nitrogens with one attached hydrogen (secondary N) is 1. The Hall–Kier alpha value is -1.85. The lowest BCUT2D eigenvalue weighted by Crippen LogP contribution is -2.49. The molecule has 3 rings (SSSR count). The maximum absolute atomic E-state index is 12.8. The van der Waals surface area contributed by atoms with Gasteiger partial charge in [-0.25, -0.2) is 0 Å². The van der Waals surface area contributed by atoms with Crippen LogP contribution in [-0.2, 0) is 0 Å². The van der Waals surface area contributed by atoms with Crippen LogP contribution < -0.4 is 0 Å². The van der Waals surface area contributed by atoms with Gasteiger partial charge in [-0.2, -0.15) is 0 Å². The molecule has 1 aliphatic heterocycles. The van der Waals surface area contributed by atoms with Crippen molar-refractivity contribution in [3.05, 3.63) is 35.0 Å². The van der Waals surface area contributed by atoms with E-state index in [1.54, 1.807) is 0 Å². The summed E-state index contributed by atoms with van der Waals surface area (Å²) in [6.07, 6.45) is 0. The Morgan fingerprint density at radius 2 is 1.95 bits per heavy atom. The molecule has 2 aromatic rings. The number of benzene rings is 1. The number of aromatic amines is 1. The Bertz CT molecular complexity index is 685. The number of aromatic nitrogens is 1. The van der Waals surface area contributed by atoms with Crippen LogP contribution in [0.15, 0.2) is 18.2 Å². The minimum absolute atomic E-state index is 0.0931. The molecule has 0 saturated carbocycles. The average molecular weight is 301 g/mol. The maximum atomic E-state index is 12.8. The lowest BCUT2D eigenvalue weighted by Gasteiger charge is -2.34. The molecule has 1 aliphatic rings. The highest BCUT2D eigenvalue weighted by Gasteiger charge is 2.23. The van der Waals surface area contributed by atoms with Gasteiger partial charge in [-0.1, -0.05) is 12.1 Å². The van der Waals surface area contributed by atoms with Crippen molar-refractivity contribution in [3.8, 4) is 0 Å². The van der Waals surface area contributed by atoms with Gasteiger partial charge in [-0.15, -0.1) is 0 Å². The normalized spacial score (nSPS) is 16.4. The zero-order valence-electron chi connectivity index (χ0n) is 13.2. The molecule has 5 nitrogen and oxygen atoms in total. The lowest BCUT2D eigenvalue weighted by molar-refractivity contribution is 0.0616. The van der Waals surface area contributed by atoms with E-state index in [1.165, 1.54) is 5.56 Å². The van der Waals surface area contributed by atoms with Crippen LogP contribution in [0.4, 0.5) is 0 Å². The molecular weight excluding hydrogens is 278 g/mol. The minimum atomic E-state index is 0.0931. The van der Waals surface area contributed by atoms with Crippen LogP contribution in [0.3, 0.4) is 0 Å². The van der Waals surface area contributed by atoms with Gasteiger partial charge >= 0.3 is 0 Å². The number of aliphatic hydroxyl groups is 1. The highest BCUT2D eigenvalue weighted by molar-refractivity contribution is 6.06. The Balaban J connectivity index is 1.83. The predicted molar refractivity (Wildman–Crippen MR) is 87.2 cm³/mol. The van der Waals surface area contributed by atoms with E-state index in [-0.39, 0.29) is 12.5 Å². The van der Waals surface area contributed by atoms with Crippen LogP contribution >= 0.6 is 0 Å². The summed E-state index contributed by atoms with van der Waals surface area (Å²) in [6, 6.07) is 5.92. The molecule has 0 atom stereocenters. The highest BCUT2D eigenvalue weighted by Crippen LogP contribution is 2.25. The van der Waals surface area contributed by atoms with Crippen molar-refractivity contribution in [2.24, 2.45) is 0 Å². The molecule has 2 heterocycles. The monoisotopic (exact) mass is 301 g/mol. The SMILES string of the molecule is Cc1[nH]c2c(C(=O)N3CCN(CCO)CC3)cccc2c1C. The number of aliphatic hydroxyl groups excluding tert-OH is 1. The highest BCUT2D eigenvalue weighted by atomic mass is 16.3. The topological polar surface area (TPSA) is 59.6 Å². The molecule has 1 fully saturated rings. The van der Waals surface area contributed by atoms with E-state index in [4.69, 9.17) is 5.11 Å². The molecule has 22 heavy (non-hydrogen) atoms. The zero-order valence-corrected chi connectivity index (χ0v) is 13.2. The Labute approximate surface area is 130 Å². The van der Waals surface area contributed by atoms with Crippen molar-refractivity contribution in [2.75, 3.05) is 39.3 Å². The number of fused-ring (bicyclic) bond motifs is 1. The van der Waals surface area contributed by atoms with E-state index in [2.05, 4.69) is 22.9 Å². The van der Waals surface area contributed by atoms with Gasteiger partial charge < -0.3 is 15.0 Å². The van der Waals surface area contributed by atoms with Crippen LogP contribution in [0.25, 0.3) is 10.9 Å². The largest absolute Gasteiger partial charge is 0.395 e. The summed E-state index contributed by atoms with van der Waals surface area (Å²) < 4.78 is 0. The first kappa shape index (κ1) is 15.1. The van der Waals surface area contributed by atoms with Crippen LogP contribution in [0, 0.1) is 13.8 Å². The van der Waals surface area contributed by atoms with Crippen molar-refractivity contribution in [1.29, 1.82) is 0 Å². The van der Waals surface area contributed by atoms with Crippen LogP contribution in [0.5, 0.6) is 0 Å². The van der Waals surface area contributed by atoms with Gasteiger partial charge in [0.1, 0.15) is 0 Å². The van der Waals surface area contributed by atoms with Crippen molar-refractivity contribution >= 4 is 16.8 Å². The number of para-hydroxylation sites is 1. The number of hydrogen-bond donors (Lipinski definition) is 2. The van der Waals surface area contributed by atoms with Crippen molar-refractivity contribution in [2.45, 2.75) is 13.8 Å². The summed E-state index contributed by atoms with van der Waals surface area (Å²) in [5.74, 6) is 0.0931. The predicted octanol–water partition coefficient (Wildman–Crippen LogP) is 1.53. The summed E-state index contributed by atoms with van der Waals surface area (Å²) in [5.41, 5.74) is 4.02. The van der Waals surface area contributed by atoms with Gasteiger partial charge in [0, 0.05) is 43.8 Å². The Kier molecular flexibility index (Phi) is 4.18. The number of carbonyl (C=O) groups excluding carboxylic acids is 1. The van der Waals surface area contributed by atoms with Crippen LogP contribution in [-0.4, -0.2) is 65.1 Å². The van der Waals surface area contributed by atoms with Crippen molar-refractivity contribution in [3.63, 3.8) is 0 Å². The fraction of sp³-hybridized carbons (Fsp3) is 0.471. The lowest BCUT2D eigenvalue weighted by atomic mass is 10.1. The first-order valence-corrected chi connectivity index (χ1v) is 7.82. The standard InChI is InChI=1S/C17H23N3O2/c1-12-13(2)18-16-14(12)4-3-5-15(16)17(22)20-8-6-19(7-9-20)10-11-21/h3-5,18,21H,6-11H2,1-2H3. The molecule has 0 unspecified atom stereocenters. The van der Waals surface area contributed by atoms with Crippen LogP contribution in [0.1, 0.15) is 21.6 Å². The second kappa shape index (κ2) is 6.10. The molecule has 2 N–H and O–H groups in total. The minimum Gasteiger partial charge on any atom is -0.395 e. The quantitative estimate of drug-likeness (QED) is 0.904. The van der Waals surface area contributed by atoms with Crippen molar-refractivity contribution in [1.82, 2.24) is 14.8 Å². The third kappa shape index (κ3) is 2.62. The van der Waals surface area contributed by atoms with E-state index in [0.29, 0.717) is 19.6 Å².